The SMILES string of the molecule is NCC(=O)NCC(=O)Nc1ccccc1OCC1CCCCO1. The summed E-state index contributed by atoms with van der Waals surface area (Å²) in [5.41, 5.74) is 5.73. The molecule has 1 aliphatic heterocycles. The highest BCUT2D eigenvalue weighted by atomic mass is 16.5. The maximum atomic E-state index is 11.8. The lowest BCUT2D eigenvalue weighted by molar-refractivity contribution is -0.123. The van der Waals surface area contributed by atoms with Gasteiger partial charge in [-0.2, -0.15) is 0 Å². The second-order valence-corrected chi connectivity index (χ2v) is 5.32. The minimum Gasteiger partial charge on any atom is -0.489 e. The van der Waals surface area contributed by atoms with Gasteiger partial charge in [-0.1, -0.05) is 12.1 Å². The summed E-state index contributed by atoms with van der Waals surface area (Å²) in [6.45, 7) is 0.953. The molecular formula is C16H23N3O4. The number of carbonyl (C=O) groups excluding carboxylic acids is 2. The van der Waals surface area contributed by atoms with E-state index in [1.54, 1.807) is 18.2 Å². The highest BCUT2D eigenvalue weighted by Crippen LogP contribution is 2.24. The summed E-state index contributed by atoms with van der Waals surface area (Å²) in [7, 11) is 0. The maximum absolute atomic E-state index is 11.8. The fourth-order valence-corrected chi connectivity index (χ4v) is 2.26. The zero-order chi connectivity index (χ0) is 16.5. The van der Waals surface area contributed by atoms with E-state index < -0.39 is 0 Å². The van der Waals surface area contributed by atoms with Crippen molar-refractivity contribution in [2.24, 2.45) is 5.73 Å². The monoisotopic (exact) mass is 321 g/mol. The van der Waals surface area contributed by atoms with Crippen LogP contribution in [0.5, 0.6) is 5.75 Å². The van der Waals surface area contributed by atoms with Crippen LogP contribution in [0.15, 0.2) is 24.3 Å². The minimum absolute atomic E-state index is 0.0938. The van der Waals surface area contributed by atoms with Crippen LogP contribution < -0.4 is 21.1 Å². The lowest BCUT2D eigenvalue weighted by atomic mass is 10.1. The van der Waals surface area contributed by atoms with Crippen molar-refractivity contribution >= 4 is 17.5 Å². The molecule has 0 bridgehead atoms. The average Bonchev–Trinajstić information content (AvgIpc) is 2.59. The van der Waals surface area contributed by atoms with Gasteiger partial charge in [0, 0.05) is 6.61 Å². The number of amides is 2. The number of ether oxygens (including phenoxy) is 2. The summed E-state index contributed by atoms with van der Waals surface area (Å²) in [6.07, 6.45) is 3.32. The van der Waals surface area contributed by atoms with E-state index in [2.05, 4.69) is 10.6 Å². The van der Waals surface area contributed by atoms with Gasteiger partial charge in [0.05, 0.1) is 24.9 Å². The van der Waals surface area contributed by atoms with Gasteiger partial charge in [0.15, 0.2) is 0 Å². The topological polar surface area (TPSA) is 103 Å². The van der Waals surface area contributed by atoms with Crippen LogP contribution >= 0.6 is 0 Å². The molecule has 23 heavy (non-hydrogen) atoms. The predicted molar refractivity (Wildman–Crippen MR) is 86.2 cm³/mol. The Balaban J connectivity index is 1.86. The van der Waals surface area contributed by atoms with Crippen molar-refractivity contribution in [1.29, 1.82) is 0 Å². The van der Waals surface area contributed by atoms with Gasteiger partial charge in [0.25, 0.3) is 0 Å². The molecule has 4 N–H and O–H groups in total. The number of rotatable bonds is 7. The highest BCUT2D eigenvalue weighted by Gasteiger charge is 2.15. The van der Waals surface area contributed by atoms with Crippen LogP contribution in [0.4, 0.5) is 5.69 Å². The second kappa shape index (κ2) is 9.12. The molecule has 0 saturated carbocycles. The number of hydrogen-bond donors (Lipinski definition) is 3. The Kier molecular flexibility index (Phi) is 6.83. The largest absolute Gasteiger partial charge is 0.489 e. The van der Waals surface area contributed by atoms with Crippen molar-refractivity contribution in [1.82, 2.24) is 5.32 Å². The fraction of sp³-hybridized carbons (Fsp3) is 0.500. The van der Waals surface area contributed by atoms with Crippen molar-refractivity contribution in [2.75, 3.05) is 31.6 Å². The molecule has 1 aliphatic rings. The average molecular weight is 321 g/mol. The van der Waals surface area contributed by atoms with E-state index in [0.717, 1.165) is 25.9 Å². The fourth-order valence-electron chi connectivity index (χ4n) is 2.26. The summed E-state index contributed by atoms with van der Waals surface area (Å²) >= 11 is 0. The Morgan fingerprint density at radius 2 is 2.09 bits per heavy atom. The molecule has 7 nitrogen and oxygen atoms in total. The highest BCUT2D eigenvalue weighted by molar-refractivity contribution is 5.95. The number of para-hydroxylation sites is 2. The van der Waals surface area contributed by atoms with E-state index in [-0.39, 0.29) is 31.0 Å². The summed E-state index contributed by atoms with van der Waals surface area (Å²) in [5, 5.41) is 5.14. The van der Waals surface area contributed by atoms with Gasteiger partial charge in [0.2, 0.25) is 11.8 Å². The van der Waals surface area contributed by atoms with Crippen molar-refractivity contribution < 1.29 is 19.1 Å². The second-order valence-electron chi connectivity index (χ2n) is 5.32. The van der Waals surface area contributed by atoms with Crippen LogP contribution in [0.1, 0.15) is 19.3 Å². The first-order chi connectivity index (χ1) is 11.2. The maximum Gasteiger partial charge on any atom is 0.243 e. The molecule has 1 unspecified atom stereocenters. The van der Waals surface area contributed by atoms with Crippen molar-refractivity contribution in [3.8, 4) is 5.75 Å². The molecule has 0 aromatic heterocycles. The van der Waals surface area contributed by atoms with E-state index in [1.165, 1.54) is 0 Å². The van der Waals surface area contributed by atoms with Crippen LogP contribution in [0, 0.1) is 0 Å². The van der Waals surface area contributed by atoms with Gasteiger partial charge >= 0.3 is 0 Å². The summed E-state index contributed by atoms with van der Waals surface area (Å²) in [5.74, 6) is -0.129. The minimum atomic E-state index is -0.376. The third-order valence-electron chi connectivity index (χ3n) is 3.49. The molecule has 0 spiro atoms. The third kappa shape index (κ3) is 5.88. The standard InChI is InChI=1S/C16H23N3O4/c17-9-15(20)18-10-16(21)19-13-6-1-2-7-14(13)23-11-12-5-3-4-8-22-12/h1-2,6-7,12H,3-5,8-11,17H2,(H,18,20)(H,19,21). The number of nitrogens with two attached hydrogens (primary N) is 1. The number of carbonyl (C=O) groups is 2. The Morgan fingerprint density at radius 1 is 1.26 bits per heavy atom. The van der Waals surface area contributed by atoms with Crippen LogP contribution in [0.2, 0.25) is 0 Å². The van der Waals surface area contributed by atoms with E-state index in [4.69, 9.17) is 15.2 Å². The molecule has 7 heteroatoms. The third-order valence-corrected chi connectivity index (χ3v) is 3.49. The van der Waals surface area contributed by atoms with Crippen LogP contribution in [0.3, 0.4) is 0 Å². The van der Waals surface area contributed by atoms with E-state index in [9.17, 15) is 9.59 Å². The van der Waals surface area contributed by atoms with Gasteiger partial charge < -0.3 is 25.8 Å². The number of hydrogen-bond acceptors (Lipinski definition) is 5. The Labute approximate surface area is 135 Å². The normalized spacial score (nSPS) is 17.3. The van der Waals surface area contributed by atoms with Crippen LogP contribution in [0.25, 0.3) is 0 Å². The molecule has 2 rings (SSSR count). The predicted octanol–water partition coefficient (Wildman–Crippen LogP) is 0.648. The Hall–Kier alpha value is -2.12. The van der Waals surface area contributed by atoms with Crippen LogP contribution in [-0.2, 0) is 14.3 Å². The lowest BCUT2D eigenvalue weighted by Crippen LogP contribution is -2.36. The Bertz CT molecular complexity index is 530. The Morgan fingerprint density at radius 3 is 2.83 bits per heavy atom. The number of anilines is 1. The molecule has 2 amide bonds. The summed E-state index contributed by atoms with van der Waals surface area (Å²) < 4.78 is 11.4. The first-order valence-electron chi connectivity index (χ1n) is 7.79. The quantitative estimate of drug-likeness (QED) is 0.684. The van der Waals surface area contributed by atoms with E-state index >= 15 is 0 Å². The molecule has 126 valence electrons. The number of benzene rings is 1. The van der Waals surface area contributed by atoms with Gasteiger partial charge in [-0.3, -0.25) is 9.59 Å². The van der Waals surface area contributed by atoms with Gasteiger partial charge in [-0.15, -0.1) is 0 Å². The van der Waals surface area contributed by atoms with E-state index in [1.807, 2.05) is 6.07 Å². The van der Waals surface area contributed by atoms with Gasteiger partial charge in [-0.25, -0.2) is 0 Å². The van der Waals surface area contributed by atoms with Crippen molar-refractivity contribution in [2.45, 2.75) is 25.4 Å². The van der Waals surface area contributed by atoms with Crippen LogP contribution in [-0.4, -0.2) is 44.2 Å². The molecule has 1 heterocycles. The van der Waals surface area contributed by atoms with Gasteiger partial charge in [0.1, 0.15) is 12.4 Å². The summed E-state index contributed by atoms with van der Waals surface area (Å²) in [4.78, 5) is 22.9. The zero-order valence-corrected chi connectivity index (χ0v) is 13.0. The molecule has 0 radical (unpaired) electrons. The smallest absolute Gasteiger partial charge is 0.243 e. The lowest BCUT2D eigenvalue weighted by Gasteiger charge is -2.23. The first-order valence-corrected chi connectivity index (χ1v) is 7.79. The molecule has 1 aromatic carbocycles. The van der Waals surface area contributed by atoms with Crippen molar-refractivity contribution in [3.63, 3.8) is 0 Å². The molecule has 1 fully saturated rings. The summed E-state index contributed by atoms with van der Waals surface area (Å²) in [6, 6.07) is 7.18. The first kappa shape index (κ1) is 17.2. The number of nitrogens with one attached hydrogen (secondary N) is 2. The molecular weight excluding hydrogens is 298 g/mol. The van der Waals surface area contributed by atoms with E-state index in [0.29, 0.717) is 18.0 Å². The molecule has 1 atom stereocenters. The molecule has 1 aromatic rings. The molecule has 1 saturated heterocycles. The van der Waals surface area contributed by atoms with Crippen molar-refractivity contribution in [3.05, 3.63) is 24.3 Å². The van der Waals surface area contributed by atoms with Gasteiger partial charge in [-0.05, 0) is 31.4 Å². The molecule has 0 aliphatic carbocycles. The zero-order valence-electron chi connectivity index (χ0n) is 13.0.